The van der Waals surface area contributed by atoms with Gasteiger partial charge in [-0.2, -0.15) is 14.5 Å². The van der Waals surface area contributed by atoms with Gasteiger partial charge in [0.2, 0.25) is 15.9 Å². The summed E-state index contributed by atoms with van der Waals surface area (Å²) in [7, 11) is -1.95. The zero-order valence-corrected chi connectivity index (χ0v) is 17.6. The first-order chi connectivity index (χ1) is 13.2. The van der Waals surface area contributed by atoms with Crippen molar-refractivity contribution in [2.45, 2.75) is 51.1 Å². The largest absolute Gasteiger partial charge is 0.348 e. The van der Waals surface area contributed by atoms with Crippen LogP contribution < -0.4 is 5.32 Å². The maximum atomic E-state index is 13.0. The van der Waals surface area contributed by atoms with Crippen molar-refractivity contribution in [3.63, 3.8) is 0 Å². The number of hydrogen-bond acceptors (Lipinski definition) is 5. The fraction of sp³-hybridized carbons (Fsp3) is 0.611. The molecule has 28 heavy (non-hydrogen) atoms. The monoisotopic (exact) mass is 408 g/mol. The molecular weight excluding hydrogens is 380 g/mol. The molecule has 3 rings (SSSR count). The summed E-state index contributed by atoms with van der Waals surface area (Å²) < 4.78 is 30.7. The van der Waals surface area contributed by atoms with Crippen LogP contribution >= 0.6 is 0 Å². The van der Waals surface area contributed by atoms with Crippen LogP contribution in [0.5, 0.6) is 0 Å². The van der Waals surface area contributed by atoms with E-state index >= 15 is 0 Å². The molecular formula is C18H28N6O3S. The molecule has 9 nitrogen and oxygen atoms in total. The molecule has 3 heterocycles. The summed E-state index contributed by atoms with van der Waals surface area (Å²) in [5.41, 5.74) is 1.38. The van der Waals surface area contributed by atoms with E-state index < -0.39 is 10.0 Å². The second-order valence-electron chi connectivity index (χ2n) is 7.25. The van der Waals surface area contributed by atoms with E-state index in [1.54, 1.807) is 14.0 Å². The standard InChI is InChI=1S/C18H28N6O3S/c1-5-23-10-8-16(21-23)13(2)20-18(25)15-7-6-9-24(12-15)28(26,27)17-11-19-22(4)14(17)3/h8,10-11,13,15H,5-7,9,12H2,1-4H3,(H,20,25)/t13-,15-/m0/s1. The van der Waals surface area contributed by atoms with Gasteiger partial charge in [0.15, 0.2) is 0 Å². The Morgan fingerprint density at radius 2 is 2.18 bits per heavy atom. The second-order valence-corrected chi connectivity index (χ2v) is 9.15. The lowest BCUT2D eigenvalue weighted by molar-refractivity contribution is -0.126. The van der Waals surface area contributed by atoms with Crippen LogP contribution in [-0.4, -0.2) is 51.3 Å². The van der Waals surface area contributed by atoms with E-state index in [1.165, 1.54) is 15.2 Å². The number of amides is 1. The molecule has 0 bridgehead atoms. The molecule has 0 spiro atoms. The summed E-state index contributed by atoms with van der Waals surface area (Å²) in [4.78, 5) is 13.0. The van der Waals surface area contributed by atoms with Gasteiger partial charge in [0.25, 0.3) is 0 Å². The number of nitrogens with one attached hydrogen (secondary N) is 1. The van der Waals surface area contributed by atoms with E-state index in [4.69, 9.17) is 0 Å². The zero-order valence-electron chi connectivity index (χ0n) is 16.8. The lowest BCUT2D eigenvalue weighted by Crippen LogP contribution is -2.45. The van der Waals surface area contributed by atoms with E-state index in [1.807, 2.05) is 30.8 Å². The quantitative estimate of drug-likeness (QED) is 0.774. The van der Waals surface area contributed by atoms with Crippen molar-refractivity contribution in [1.29, 1.82) is 0 Å². The first kappa shape index (κ1) is 20.5. The fourth-order valence-electron chi connectivity index (χ4n) is 3.44. The van der Waals surface area contributed by atoms with Crippen LogP contribution in [0.1, 0.15) is 44.1 Å². The highest BCUT2D eigenvalue weighted by Crippen LogP contribution is 2.26. The van der Waals surface area contributed by atoms with Gasteiger partial charge in [-0.15, -0.1) is 0 Å². The van der Waals surface area contributed by atoms with Crippen LogP contribution in [0.4, 0.5) is 0 Å². The predicted molar refractivity (Wildman–Crippen MR) is 104 cm³/mol. The van der Waals surface area contributed by atoms with E-state index in [0.717, 1.165) is 12.2 Å². The normalized spacial score (nSPS) is 19.5. The van der Waals surface area contributed by atoms with Gasteiger partial charge in [0, 0.05) is 32.9 Å². The number of rotatable bonds is 6. The van der Waals surface area contributed by atoms with Crippen molar-refractivity contribution in [3.05, 3.63) is 29.8 Å². The topological polar surface area (TPSA) is 102 Å². The van der Waals surface area contributed by atoms with Gasteiger partial charge in [-0.1, -0.05) is 0 Å². The molecule has 1 amide bonds. The van der Waals surface area contributed by atoms with Crippen LogP contribution in [0, 0.1) is 12.8 Å². The third-order valence-corrected chi connectivity index (χ3v) is 7.32. The average Bonchev–Trinajstić information content (AvgIpc) is 3.29. The molecule has 1 N–H and O–H groups in total. The van der Waals surface area contributed by atoms with Crippen molar-refractivity contribution >= 4 is 15.9 Å². The molecule has 10 heteroatoms. The Kier molecular flexibility index (Phi) is 5.90. The molecule has 0 unspecified atom stereocenters. The Hall–Kier alpha value is -2.20. The molecule has 2 atom stereocenters. The Labute approximate surface area is 165 Å². The van der Waals surface area contributed by atoms with Crippen molar-refractivity contribution in [1.82, 2.24) is 29.2 Å². The van der Waals surface area contributed by atoms with E-state index in [2.05, 4.69) is 15.5 Å². The number of aromatic nitrogens is 4. The second kappa shape index (κ2) is 8.04. The first-order valence-electron chi connectivity index (χ1n) is 9.56. The van der Waals surface area contributed by atoms with Crippen molar-refractivity contribution in [2.24, 2.45) is 13.0 Å². The predicted octanol–water partition coefficient (Wildman–Crippen LogP) is 1.22. The van der Waals surface area contributed by atoms with Gasteiger partial charge in [-0.25, -0.2) is 8.42 Å². The molecule has 0 aliphatic carbocycles. The van der Waals surface area contributed by atoms with Crippen molar-refractivity contribution < 1.29 is 13.2 Å². The van der Waals surface area contributed by atoms with Crippen LogP contribution in [0.3, 0.4) is 0 Å². The highest BCUT2D eigenvalue weighted by Gasteiger charge is 2.35. The summed E-state index contributed by atoms with van der Waals surface area (Å²) >= 11 is 0. The Balaban J connectivity index is 1.68. The molecule has 0 saturated carbocycles. The number of aryl methyl sites for hydroxylation is 2. The van der Waals surface area contributed by atoms with E-state index in [0.29, 0.717) is 25.1 Å². The number of sulfonamides is 1. The minimum absolute atomic E-state index is 0.138. The first-order valence-corrected chi connectivity index (χ1v) is 11.0. The van der Waals surface area contributed by atoms with E-state index in [9.17, 15) is 13.2 Å². The highest BCUT2D eigenvalue weighted by atomic mass is 32.2. The minimum Gasteiger partial charge on any atom is -0.348 e. The van der Waals surface area contributed by atoms with Gasteiger partial charge < -0.3 is 5.32 Å². The molecule has 0 radical (unpaired) electrons. The summed E-state index contributed by atoms with van der Waals surface area (Å²) in [6.45, 7) is 6.97. The van der Waals surface area contributed by atoms with Crippen molar-refractivity contribution in [2.75, 3.05) is 13.1 Å². The molecule has 2 aromatic rings. The van der Waals surface area contributed by atoms with Gasteiger partial charge in [0.1, 0.15) is 4.90 Å². The molecule has 1 saturated heterocycles. The van der Waals surface area contributed by atoms with Crippen molar-refractivity contribution in [3.8, 4) is 0 Å². The lowest BCUT2D eigenvalue weighted by atomic mass is 9.98. The highest BCUT2D eigenvalue weighted by molar-refractivity contribution is 7.89. The molecule has 0 aromatic carbocycles. The molecule has 1 aliphatic heterocycles. The maximum Gasteiger partial charge on any atom is 0.246 e. The number of piperidine rings is 1. The Morgan fingerprint density at radius 1 is 1.43 bits per heavy atom. The van der Waals surface area contributed by atoms with Crippen LogP contribution in [0.2, 0.25) is 0 Å². The SMILES string of the molecule is CCn1ccc([C@H](C)NC(=O)[C@H]2CCCN(S(=O)(=O)c3cnn(C)c3C)C2)n1. The average molecular weight is 409 g/mol. The third kappa shape index (κ3) is 3.97. The molecule has 1 fully saturated rings. The molecule has 1 aliphatic rings. The van der Waals surface area contributed by atoms with Gasteiger partial charge in [-0.3, -0.25) is 14.2 Å². The molecule has 154 valence electrons. The summed E-state index contributed by atoms with van der Waals surface area (Å²) in [6.07, 6.45) is 4.57. The number of hydrogen-bond donors (Lipinski definition) is 1. The fourth-order valence-corrected chi connectivity index (χ4v) is 5.14. The zero-order chi connectivity index (χ0) is 20.5. The number of carbonyl (C=O) groups excluding carboxylic acids is 1. The van der Waals surface area contributed by atoms with E-state index in [-0.39, 0.29) is 29.3 Å². The number of nitrogens with zero attached hydrogens (tertiary/aromatic N) is 5. The smallest absolute Gasteiger partial charge is 0.246 e. The van der Waals surface area contributed by atoms with Gasteiger partial charge in [0.05, 0.1) is 29.5 Å². The van der Waals surface area contributed by atoms with Gasteiger partial charge >= 0.3 is 0 Å². The van der Waals surface area contributed by atoms with Crippen LogP contribution in [0.25, 0.3) is 0 Å². The summed E-state index contributed by atoms with van der Waals surface area (Å²) in [5, 5.41) is 11.4. The lowest BCUT2D eigenvalue weighted by Gasteiger charge is -2.31. The summed E-state index contributed by atoms with van der Waals surface area (Å²) in [5.74, 6) is -0.516. The van der Waals surface area contributed by atoms with Gasteiger partial charge in [-0.05, 0) is 39.7 Å². The molecule has 2 aromatic heterocycles. The summed E-state index contributed by atoms with van der Waals surface area (Å²) in [6, 6.07) is 1.66. The number of carbonyl (C=O) groups is 1. The minimum atomic E-state index is -3.66. The maximum absolute atomic E-state index is 13.0. The third-order valence-electron chi connectivity index (χ3n) is 5.35. The Bertz CT molecular complexity index is 948. The van der Waals surface area contributed by atoms with Crippen LogP contribution in [-0.2, 0) is 28.4 Å². The Morgan fingerprint density at radius 3 is 2.79 bits per heavy atom. The van der Waals surface area contributed by atoms with Crippen LogP contribution in [0.15, 0.2) is 23.4 Å².